The summed E-state index contributed by atoms with van der Waals surface area (Å²) in [5.74, 6) is 0.109. The maximum atomic E-state index is 10.1. The topological polar surface area (TPSA) is 29.5 Å². The molecule has 0 radical (unpaired) electrons. The van der Waals surface area contributed by atoms with E-state index in [2.05, 4.69) is 18.9 Å². The van der Waals surface area contributed by atoms with E-state index in [4.69, 9.17) is 4.74 Å². The number of rotatable bonds is 8. The molecular weight excluding hydrogens is 224 g/mol. The molecule has 1 N–H and O–H groups in total. The molecule has 0 aliphatic rings. The van der Waals surface area contributed by atoms with E-state index in [1.165, 1.54) is 0 Å². The molecule has 0 heterocycles. The van der Waals surface area contributed by atoms with Crippen LogP contribution in [0.4, 0.5) is 0 Å². The Hall–Kier alpha value is -1.60. The van der Waals surface area contributed by atoms with Crippen molar-refractivity contribution in [3.63, 3.8) is 0 Å². The van der Waals surface area contributed by atoms with Gasteiger partial charge in [-0.2, -0.15) is 0 Å². The van der Waals surface area contributed by atoms with Crippen LogP contribution in [-0.2, 0) is 4.74 Å². The Morgan fingerprint density at radius 2 is 2.06 bits per heavy atom. The lowest BCUT2D eigenvalue weighted by Crippen LogP contribution is -2.12. The van der Waals surface area contributed by atoms with Crippen LogP contribution in [-0.4, -0.2) is 18.3 Å². The van der Waals surface area contributed by atoms with Crippen LogP contribution in [0.3, 0.4) is 0 Å². The molecule has 0 amide bonds. The summed E-state index contributed by atoms with van der Waals surface area (Å²) in [6.07, 6.45) is 3.66. The van der Waals surface area contributed by atoms with Gasteiger partial charge in [0.25, 0.3) is 0 Å². The lowest BCUT2D eigenvalue weighted by molar-refractivity contribution is 0.0970. The Bertz CT molecular complexity index is 391. The van der Waals surface area contributed by atoms with E-state index < -0.39 is 6.10 Å². The minimum atomic E-state index is -0.492. The van der Waals surface area contributed by atoms with Gasteiger partial charge < -0.3 is 9.84 Å². The van der Waals surface area contributed by atoms with E-state index in [1.807, 2.05) is 36.4 Å². The van der Waals surface area contributed by atoms with E-state index in [0.29, 0.717) is 19.6 Å². The second kappa shape index (κ2) is 8.48. The van der Waals surface area contributed by atoms with Crippen LogP contribution in [0, 0.1) is 5.92 Å². The van der Waals surface area contributed by atoms with Gasteiger partial charge in [-0.05, 0) is 18.1 Å². The van der Waals surface area contributed by atoms with E-state index in [0.717, 1.165) is 5.56 Å². The van der Waals surface area contributed by atoms with Crippen molar-refractivity contribution >= 4 is 0 Å². The first-order valence-corrected chi connectivity index (χ1v) is 6.05. The highest BCUT2D eigenvalue weighted by Crippen LogP contribution is 2.22. The molecule has 0 saturated heterocycles. The molecular formula is C16H20O2. The number of hydrogen-bond donors (Lipinski definition) is 1. The van der Waals surface area contributed by atoms with Crippen LogP contribution in [0.1, 0.15) is 18.1 Å². The van der Waals surface area contributed by atoms with E-state index in [-0.39, 0.29) is 5.92 Å². The number of aliphatic hydroxyl groups excluding tert-OH is 1. The number of hydrogen-bond acceptors (Lipinski definition) is 2. The summed E-state index contributed by atoms with van der Waals surface area (Å²) in [5, 5.41) is 10.1. The van der Waals surface area contributed by atoms with Crippen molar-refractivity contribution in [1.82, 2.24) is 0 Å². The molecule has 0 saturated carbocycles. The Labute approximate surface area is 109 Å². The van der Waals surface area contributed by atoms with Crippen LogP contribution in [0.15, 0.2) is 61.4 Å². The second-order valence-corrected chi connectivity index (χ2v) is 4.12. The van der Waals surface area contributed by atoms with Crippen LogP contribution < -0.4 is 0 Å². The Morgan fingerprint density at radius 3 is 2.67 bits per heavy atom. The first-order chi connectivity index (χ1) is 8.77. The normalized spacial score (nSPS) is 13.4. The van der Waals surface area contributed by atoms with Gasteiger partial charge in [-0.3, -0.25) is 0 Å². The fourth-order valence-corrected chi connectivity index (χ4v) is 1.75. The van der Waals surface area contributed by atoms with Crippen LogP contribution in [0.2, 0.25) is 0 Å². The highest BCUT2D eigenvalue weighted by atomic mass is 16.5. The summed E-state index contributed by atoms with van der Waals surface area (Å²) in [6, 6.07) is 9.62. The third-order valence-corrected chi connectivity index (χ3v) is 2.63. The molecule has 96 valence electrons. The molecule has 2 heteroatoms. The zero-order valence-electron chi connectivity index (χ0n) is 10.6. The predicted molar refractivity (Wildman–Crippen MR) is 74.2 cm³/mol. The van der Waals surface area contributed by atoms with Crippen molar-refractivity contribution in [1.29, 1.82) is 0 Å². The summed E-state index contributed by atoms with van der Waals surface area (Å²) in [6.45, 7) is 8.23. The summed E-state index contributed by atoms with van der Waals surface area (Å²) < 4.78 is 5.41. The van der Waals surface area contributed by atoms with Gasteiger partial charge in [0.15, 0.2) is 0 Å². The predicted octanol–water partition coefficient (Wildman–Crippen LogP) is 3.27. The fraction of sp³-hybridized carbons (Fsp3) is 0.312. The third kappa shape index (κ3) is 5.15. The number of aliphatic hydroxyl groups is 1. The van der Waals surface area contributed by atoms with Crippen LogP contribution >= 0.6 is 0 Å². The molecule has 0 spiro atoms. The third-order valence-electron chi connectivity index (χ3n) is 2.63. The minimum Gasteiger partial charge on any atom is -0.388 e. The van der Waals surface area contributed by atoms with E-state index >= 15 is 0 Å². The molecule has 0 aromatic heterocycles. The van der Waals surface area contributed by atoms with Gasteiger partial charge in [-0.1, -0.05) is 43.0 Å². The second-order valence-electron chi connectivity index (χ2n) is 4.12. The lowest BCUT2D eigenvalue weighted by atomic mass is 9.97. The SMILES string of the molecule is C=C=CC(COCC=C)CC(O)c1ccccc1. The molecule has 2 unspecified atom stereocenters. The van der Waals surface area contributed by atoms with Gasteiger partial charge in [-0.25, -0.2) is 0 Å². The molecule has 2 atom stereocenters. The number of benzene rings is 1. The van der Waals surface area contributed by atoms with Crippen molar-refractivity contribution < 1.29 is 9.84 Å². The highest BCUT2D eigenvalue weighted by Gasteiger charge is 2.13. The first kappa shape index (κ1) is 14.5. The largest absolute Gasteiger partial charge is 0.388 e. The van der Waals surface area contributed by atoms with Crippen molar-refractivity contribution in [3.8, 4) is 0 Å². The smallest absolute Gasteiger partial charge is 0.0796 e. The Kier molecular flexibility index (Phi) is 6.82. The van der Waals surface area contributed by atoms with Crippen LogP contribution in [0.5, 0.6) is 0 Å². The fourth-order valence-electron chi connectivity index (χ4n) is 1.75. The average Bonchev–Trinajstić information content (AvgIpc) is 2.40. The van der Waals surface area contributed by atoms with Crippen molar-refractivity contribution in [3.05, 3.63) is 66.9 Å². The van der Waals surface area contributed by atoms with Gasteiger partial charge in [0, 0.05) is 5.92 Å². The van der Waals surface area contributed by atoms with Crippen molar-refractivity contribution in [2.75, 3.05) is 13.2 Å². The molecule has 0 bridgehead atoms. The highest BCUT2D eigenvalue weighted by molar-refractivity contribution is 5.17. The summed E-state index contributed by atoms with van der Waals surface area (Å²) >= 11 is 0. The lowest BCUT2D eigenvalue weighted by Gasteiger charge is -2.17. The van der Waals surface area contributed by atoms with Crippen molar-refractivity contribution in [2.24, 2.45) is 5.92 Å². The van der Waals surface area contributed by atoms with Gasteiger partial charge in [0.05, 0.1) is 19.3 Å². The minimum absolute atomic E-state index is 0.109. The average molecular weight is 244 g/mol. The summed E-state index contributed by atoms with van der Waals surface area (Å²) in [4.78, 5) is 0. The maximum absolute atomic E-state index is 10.1. The molecule has 2 nitrogen and oxygen atoms in total. The standard InChI is InChI=1S/C16H20O2/c1-3-8-14(13-18-11-4-2)12-16(17)15-9-6-5-7-10-15/h4-10,14,16-17H,1-2,11-13H2. The zero-order chi connectivity index (χ0) is 13.2. The molecule has 0 aliphatic carbocycles. The molecule has 0 aliphatic heterocycles. The van der Waals surface area contributed by atoms with Gasteiger partial charge >= 0.3 is 0 Å². The van der Waals surface area contributed by atoms with E-state index in [1.54, 1.807) is 6.08 Å². The summed E-state index contributed by atoms with van der Waals surface area (Å²) in [5.41, 5.74) is 3.68. The number of ether oxygens (including phenoxy) is 1. The van der Waals surface area contributed by atoms with Gasteiger partial charge in [0.1, 0.15) is 0 Å². The molecule has 18 heavy (non-hydrogen) atoms. The zero-order valence-corrected chi connectivity index (χ0v) is 10.6. The first-order valence-electron chi connectivity index (χ1n) is 6.05. The maximum Gasteiger partial charge on any atom is 0.0796 e. The Balaban J connectivity index is 2.54. The van der Waals surface area contributed by atoms with Crippen molar-refractivity contribution in [2.45, 2.75) is 12.5 Å². The quantitative estimate of drug-likeness (QED) is 0.432. The monoisotopic (exact) mass is 244 g/mol. The molecule has 1 aromatic rings. The molecule has 1 rings (SSSR count). The molecule has 1 aromatic carbocycles. The Morgan fingerprint density at radius 1 is 1.33 bits per heavy atom. The van der Waals surface area contributed by atoms with Gasteiger partial charge in [-0.15, -0.1) is 12.3 Å². The van der Waals surface area contributed by atoms with E-state index in [9.17, 15) is 5.11 Å². The van der Waals surface area contributed by atoms with Crippen LogP contribution in [0.25, 0.3) is 0 Å². The molecule has 0 fully saturated rings. The summed E-state index contributed by atoms with van der Waals surface area (Å²) in [7, 11) is 0. The van der Waals surface area contributed by atoms with Gasteiger partial charge in [0.2, 0.25) is 0 Å².